The van der Waals surface area contributed by atoms with Crippen LogP contribution in [0.15, 0.2) is 41.0 Å². The zero-order valence-corrected chi connectivity index (χ0v) is 14.4. The van der Waals surface area contributed by atoms with E-state index in [1.807, 2.05) is 24.3 Å². The van der Waals surface area contributed by atoms with Crippen molar-refractivity contribution in [2.24, 2.45) is 0 Å². The maximum Gasteiger partial charge on any atom is 0.138 e. The lowest BCUT2D eigenvalue weighted by Gasteiger charge is -2.05. The minimum atomic E-state index is 0.230. The van der Waals surface area contributed by atoms with Gasteiger partial charge in [-0.15, -0.1) is 0 Å². The second-order valence-electron chi connectivity index (χ2n) is 5.75. The van der Waals surface area contributed by atoms with E-state index in [1.165, 1.54) is 12.8 Å². The number of benzene rings is 2. The van der Waals surface area contributed by atoms with Gasteiger partial charge >= 0.3 is 0 Å². The summed E-state index contributed by atoms with van der Waals surface area (Å²) >= 11 is 12.2. The molecule has 0 aliphatic carbocycles. The average molecular weight is 349 g/mol. The largest absolute Gasteiger partial charge is 0.507 e. The van der Waals surface area contributed by atoms with Gasteiger partial charge in [0.05, 0.1) is 11.6 Å². The first kappa shape index (κ1) is 16.2. The first-order valence-corrected chi connectivity index (χ1v) is 8.53. The van der Waals surface area contributed by atoms with E-state index in [2.05, 4.69) is 6.92 Å². The molecule has 0 saturated heterocycles. The molecule has 0 bridgehead atoms. The zero-order valence-electron chi connectivity index (χ0n) is 12.9. The smallest absolute Gasteiger partial charge is 0.138 e. The Bertz CT molecular complexity index is 816. The summed E-state index contributed by atoms with van der Waals surface area (Å²) in [7, 11) is 0. The number of phenols is 1. The molecule has 3 rings (SSSR count). The Labute approximate surface area is 145 Å². The maximum absolute atomic E-state index is 10.5. The second kappa shape index (κ2) is 6.86. The van der Waals surface area contributed by atoms with E-state index in [4.69, 9.17) is 27.6 Å². The number of aryl methyl sites for hydroxylation is 1. The fourth-order valence-electron chi connectivity index (χ4n) is 2.85. The molecule has 0 fully saturated rings. The summed E-state index contributed by atoms with van der Waals surface area (Å²) in [5, 5.41) is 12.3. The van der Waals surface area contributed by atoms with Gasteiger partial charge in [0.15, 0.2) is 0 Å². The van der Waals surface area contributed by atoms with Crippen LogP contribution in [0.4, 0.5) is 0 Å². The highest BCUT2D eigenvalue weighted by Gasteiger charge is 2.14. The van der Waals surface area contributed by atoms with Gasteiger partial charge in [-0.05, 0) is 54.3 Å². The molecule has 0 saturated carbocycles. The summed E-state index contributed by atoms with van der Waals surface area (Å²) in [5.41, 5.74) is 3.40. The highest BCUT2D eigenvalue weighted by molar-refractivity contribution is 6.35. The number of furan rings is 1. The van der Waals surface area contributed by atoms with Crippen LogP contribution >= 0.6 is 23.2 Å². The molecule has 120 valence electrons. The van der Waals surface area contributed by atoms with Gasteiger partial charge < -0.3 is 9.52 Å². The van der Waals surface area contributed by atoms with Crippen LogP contribution in [-0.4, -0.2) is 5.11 Å². The fourth-order valence-corrected chi connectivity index (χ4v) is 3.37. The Morgan fingerprint density at radius 1 is 1.00 bits per heavy atom. The molecule has 3 aromatic rings. The van der Waals surface area contributed by atoms with E-state index in [0.29, 0.717) is 21.0 Å². The van der Waals surface area contributed by atoms with Crippen molar-refractivity contribution < 1.29 is 9.52 Å². The molecule has 0 spiro atoms. The molecular formula is C19H18Cl2O2. The number of hydrogen-bond donors (Lipinski definition) is 1. The number of hydrogen-bond acceptors (Lipinski definition) is 2. The SMILES string of the molecule is CCCCCc1cc(O)c2c(-c3cc(Cl)cc(Cl)c3)coc2c1. The Balaban J connectivity index is 2.03. The highest BCUT2D eigenvalue weighted by Crippen LogP contribution is 2.39. The van der Waals surface area contributed by atoms with Crippen molar-refractivity contribution in [1.82, 2.24) is 0 Å². The third-order valence-corrected chi connectivity index (χ3v) is 4.39. The van der Waals surface area contributed by atoms with Crippen LogP contribution < -0.4 is 0 Å². The van der Waals surface area contributed by atoms with E-state index in [0.717, 1.165) is 29.5 Å². The number of unbranched alkanes of at least 4 members (excludes halogenated alkanes) is 2. The van der Waals surface area contributed by atoms with Crippen LogP contribution in [0.3, 0.4) is 0 Å². The molecule has 0 radical (unpaired) electrons. The molecule has 2 aromatic carbocycles. The van der Waals surface area contributed by atoms with Gasteiger partial charge in [-0.25, -0.2) is 0 Å². The predicted molar refractivity (Wildman–Crippen MR) is 96.6 cm³/mol. The summed E-state index contributed by atoms with van der Waals surface area (Å²) in [5.74, 6) is 0.230. The van der Waals surface area contributed by atoms with Crippen molar-refractivity contribution in [3.05, 3.63) is 52.2 Å². The maximum atomic E-state index is 10.5. The van der Waals surface area contributed by atoms with Crippen molar-refractivity contribution >= 4 is 34.2 Å². The van der Waals surface area contributed by atoms with Gasteiger partial charge in [-0.2, -0.15) is 0 Å². The Morgan fingerprint density at radius 2 is 1.74 bits per heavy atom. The van der Waals surface area contributed by atoms with E-state index in [-0.39, 0.29) is 5.75 Å². The third kappa shape index (κ3) is 3.49. The Hall–Kier alpha value is -1.64. The molecule has 0 atom stereocenters. The minimum absolute atomic E-state index is 0.230. The van der Waals surface area contributed by atoms with E-state index < -0.39 is 0 Å². The standard InChI is InChI=1S/C19H18Cl2O2/c1-2-3-4-5-12-6-17(22)19-16(11-23-18(19)7-12)13-8-14(20)10-15(21)9-13/h6-11,22H,2-5H2,1H3. The quantitative estimate of drug-likeness (QED) is 0.511. The topological polar surface area (TPSA) is 33.4 Å². The Morgan fingerprint density at radius 3 is 2.43 bits per heavy atom. The van der Waals surface area contributed by atoms with Crippen LogP contribution in [0, 0.1) is 0 Å². The lowest BCUT2D eigenvalue weighted by molar-refractivity contribution is 0.480. The minimum Gasteiger partial charge on any atom is -0.507 e. The average Bonchev–Trinajstić information content (AvgIpc) is 2.91. The summed E-state index contributed by atoms with van der Waals surface area (Å²) in [6.45, 7) is 2.18. The van der Waals surface area contributed by atoms with E-state index in [9.17, 15) is 5.11 Å². The van der Waals surface area contributed by atoms with Gasteiger partial charge in [-0.1, -0.05) is 43.0 Å². The molecule has 0 amide bonds. The predicted octanol–water partition coefficient (Wildman–Crippen LogP) is 6.84. The molecule has 1 heterocycles. The van der Waals surface area contributed by atoms with Gasteiger partial charge in [-0.3, -0.25) is 0 Å². The highest BCUT2D eigenvalue weighted by atomic mass is 35.5. The summed E-state index contributed by atoms with van der Waals surface area (Å²) in [6, 6.07) is 9.13. The zero-order chi connectivity index (χ0) is 16.4. The number of rotatable bonds is 5. The summed E-state index contributed by atoms with van der Waals surface area (Å²) < 4.78 is 5.66. The first-order valence-electron chi connectivity index (χ1n) is 7.78. The first-order chi connectivity index (χ1) is 11.1. The van der Waals surface area contributed by atoms with E-state index in [1.54, 1.807) is 12.3 Å². The molecule has 0 aliphatic heterocycles. The van der Waals surface area contributed by atoms with Gasteiger partial charge in [0.25, 0.3) is 0 Å². The number of aromatic hydroxyl groups is 1. The summed E-state index contributed by atoms with van der Waals surface area (Å²) in [6.07, 6.45) is 6.05. The molecular weight excluding hydrogens is 331 g/mol. The molecule has 2 nitrogen and oxygen atoms in total. The summed E-state index contributed by atoms with van der Waals surface area (Å²) in [4.78, 5) is 0. The lowest BCUT2D eigenvalue weighted by atomic mass is 10.0. The van der Waals surface area contributed by atoms with Crippen molar-refractivity contribution in [2.75, 3.05) is 0 Å². The molecule has 0 unspecified atom stereocenters. The fraction of sp³-hybridized carbons (Fsp3) is 0.263. The van der Waals surface area contributed by atoms with Gasteiger partial charge in [0, 0.05) is 15.6 Å². The number of halogens is 2. The van der Waals surface area contributed by atoms with Crippen LogP contribution in [0.25, 0.3) is 22.1 Å². The molecule has 0 aliphatic rings. The van der Waals surface area contributed by atoms with Crippen molar-refractivity contribution in [3.8, 4) is 16.9 Å². The van der Waals surface area contributed by atoms with Crippen LogP contribution in [0.2, 0.25) is 10.0 Å². The van der Waals surface area contributed by atoms with Crippen molar-refractivity contribution in [2.45, 2.75) is 32.6 Å². The normalized spacial score (nSPS) is 11.3. The third-order valence-electron chi connectivity index (χ3n) is 3.96. The number of phenolic OH excluding ortho intramolecular Hbond substituents is 1. The second-order valence-corrected chi connectivity index (χ2v) is 6.63. The molecule has 23 heavy (non-hydrogen) atoms. The molecule has 1 aromatic heterocycles. The Kier molecular flexibility index (Phi) is 4.84. The van der Waals surface area contributed by atoms with Crippen molar-refractivity contribution in [1.29, 1.82) is 0 Å². The van der Waals surface area contributed by atoms with E-state index >= 15 is 0 Å². The van der Waals surface area contributed by atoms with Gasteiger partial charge in [0.2, 0.25) is 0 Å². The molecule has 4 heteroatoms. The van der Waals surface area contributed by atoms with Crippen LogP contribution in [-0.2, 0) is 6.42 Å². The molecule has 1 N–H and O–H groups in total. The number of fused-ring (bicyclic) bond motifs is 1. The van der Waals surface area contributed by atoms with Crippen LogP contribution in [0.5, 0.6) is 5.75 Å². The van der Waals surface area contributed by atoms with Crippen molar-refractivity contribution in [3.63, 3.8) is 0 Å². The lowest BCUT2D eigenvalue weighted by Crippen LogP contribution is -1.86. The van der Waals surface area contributed by atoms with Gasteiger partial charge in [0.1, 0.15) is 11.3 Å². The monoisotopic (exact) mass is 348 g/mol. The van der Waals surface area contributed by atoms with Crippen LogP contribution in [0.1, 0.15) is 31.7 Å².